The van der Waals surface area contributed by atoms with Crippen molar-refractivity contribution in [1.82, 2.24) is 9.97 Å². The van der Waals surface area contributed by atoms with Gasteiger partial charge in [0, 0.05) is 24.0 Å². The molecule has 0 amide bonds. The Morgan fingerprint density at radius 3 is 3.09 bits per heavy atom. The molecule has 1 heterocycles. The number of aromatic amines is 1. The normalized spacial score (nSPS) is 9.82. The first-order valence-electron chi connectivity index (χ1n) is 3.26. The van der Waals surface area contributed by atoms with Crippen molar-refractivity contribution < 1.29 is 0 Å². The second-order valence-electron chi connectivity index (χ2n) is 2.08. The summed E-state index contributed by atoms with van der Waals surface area (Å²) in [6, 6.07) is 12.1. The molecule has 0 saturated carbocycles. The van der Waals surface area contributed by atoms with Crippen LogP contribution in [0.5, 0.6) is 0 Å². The molecular weight excluding hydrogens is 136 g/mol. The number of imidazole rings is 1. The minimum Gasteiger partial charge on any atom is -0.345 e. The van der Waals surface area contributed by atoms with E-state index in [1.54, 1.807) is 18.5 Å². The van der Waals surface area contributed by atoms with E-state index in [9.17, 15) is 0 Å². The van der Waals surface area contributed by atoms with Gasteiger partial charge in [0.05, 0.1) is 0 Å². The van der Waals surface area contributed by atoms with Gasteiger partial charge in [0.2, 0.25) is 0 Å². The average Bonchev–Trinajstić information content (AvgIpc) is 2.58. The van der Waals surface area contributed by atoms with E-state index in [0.717, 1.165) is 11.4 Å². The summed E-state index contributed by atoms with van der Waals surface area (Å²) in [4.78, 5) is 7.04. The van der Waals surface area contributed by atoms with E-state index in [0.29, 0.717) is 0 Å². The molecule has 2 rings (SSSR count). The molecule has 1 N–H and O–H groups in total. The van der Waals surface area contributed by atoms with Crippen LogP contribution in [0.2, 0.25) is 0 Å². The maximum absolute atomic E-state index is 4.07. The molecule has 0 atom stereocenters. The van der Waals surface area contributed by atoms with Crippen LogP contribution in [-0.4, -0.2) is 9.97 Å². The van der Waals surface area contributed by atoms with Crippen LogP contribution in [0.3, 0.4) is 0 Å². The van der Waals surface area contributed by atoms with Crippen molar-refractivity contribution in [3.05, 3.63) is 42.7 Å². The number of hydrogen-bond donors (Lipinski definition) is 1. The third-order valence-corrected chi connectivity index (χ3v) is 1.36. The highest BCUT2D eigenvalue weighted by Gasteiger charge is 1.95. The zero-order valence-corrected chi connectivity index (χ0v) is 5.76. The van der Waals surface area contributed by atoms with Crippen molar-refractivity contribution in [3.8, 4) is 11.4 Å². The van der Waals surface area contributed by atoms with Gasteiger partial charge in [0.25, 0.3) is 0 Å². The number of benzene rings is 1. The van der Waals surface area contributed by atoms with Gasteiger partial charge >= 0.3 is 0 Å². The van der Waals surface area contributed by atoms with Crippen LogP contribution < -0.4 is 0 Å². The Morgan fingerprint density at radius 2 is 2.45 bits per heavy atom. The molecule has 0 spiro atoms. The summed E-state index contributed by atoms with van der Waals surface area (Å²) in [5, 5.41) is 0. The molecule has 2 nitrogen and oxygen atoms in total. The van der Waals surface area contributed by atoms with Crippen molar-refractivity contribution >= 4 is 0 Å². The van der Waals surface area contributed by atoms with Gasteiger partial charge in [-0.15, -0.1) is 0 Å². The van der Waals surface area contributed by atoms with E-state index < -0.39 is 0 Å². The lowest BCUT2D eigenvalue weighted by Gasteiger charge is -1.91. The Kier molecular flexibility index (Phi) is 1.44. The molecule has 2 heteroatoms. The Balaban J connectivity index is 2.46. The number of aromatic nitrogens is 2. The quantitative estimate of drug-likeness (QED) is 0.640. The molecule has 0 aliphatic heterocycles. The van der Waals surface area contributed by atoms with E-state index in [-0.39, 0.29) is 0 Å². The molecule has 0 fully saturated rings. The highest BCUT2D eigenvalue weighted by atomic mass is 14.9. The van der Waals surface area contributed by atoms with Gasteiger partial charge in [0.1, 0.15) is 5.82 Å². The minimum atomic E-state index is 0.815. The highest BCUT2D eigenvalue weighted by molar-refractivity contribution is 5.52. The topological polar surface area (TPSA) is 28.7 Å². The Hall–Kier alpha value is -1.57. The minimum absolute atomic E-state index is 0.815. The van der Waals surface area contributed by atoms with E-state index in [4.69, 9.17) is 0 Å². The first-order valence-corrected chi connectivity index (χ1v) is 3.26. The molecule has 51 valence electrons. The van der Waals surface area contributed by atoms with Crippen LogP contribution in [0.4, 0.5) is 0 Å². The molecule has 0 unspecified atom stereocenters. The van der Waals surface area contributed by atoms with Crippen LogP contribution in [0.25, 0.3) is 11.4 Å². The average molecular weight is 141 g/mol. The standard InChI is InChI=1S/C9H5N2/c1-2-4-8(5-3-1)9-10-6-7-11-9/h2,4,6-7H,(H,10,11). The summed E-state index contributed by atoms with van der Waals surface area (Å²) < 4.78 is 0. The summed E-state index contributed by atoms with van der Waals surface area (Å²) in [5.41, 5.74) is 0.911. The number of nitrogens with zero attached hydrogens (tertiary/aromatic N) is 1. The number of hydrogen-bond acceptors (Lipinski definition) is 1. The molecule has 0 bridgehead atoms. The Bertz CT molecular complexity index is 311. The summed E-state index contributed by atoms with van der Waals surface area (Å²) in [5.74, 6) is 0.815. The zero-order valence-electron chi connectivity index (χ0n) is 5.76. The van der Waals surface area contributed by atoms with Gasteiger partial charge in [-0.1, -0.05) is 6.07 Å². The summed E-state index contributed by atoms with van der Waals surface area (Å²) in [6.45, 7) is 0. The molecule has 2 aromatic rings. The van der Waals surface area contributed by atoms with Gasteiger partial charge in [-0.25, -0.2) is 4.98 Å². The lowest BCUT2D eigenvalue weighted by atomic mass is 10.2. The fourth-order valence-corrected chi connectivity index (χ4v) is 0.862. The van der Waals surface area contributed by atoms with Crippen LogP contribution in [0.1, 0.15) is 0 Å². The molecule has 11 heavy (non-hydrogen) atoms. The predicted octanol–water partition coefficient (Wildman–Crippen LogP) is 1.48. The van der Waals surface area contributed by atoms with Crippen LogP contribution in [0, 0.1) is 18.2 Å². The van der Waals surface area contributed by atoms with Crippen LogP contribution in [0.15, 0.2) is 24.5 Å². The zero-order chi connectivity index (χ0) is 7.52. The lowest BCUT2D eigenvalue weighted by Crippen LogP contribution is -1.78. The van der Waals surface area contributed by atoms with Crippen LogP contribution in [-0.2, 0) is 0 Å². The Labute approximate surface area is 64.9 Å². The molecule has 1 aromatic carbocycles. The summed E-state index contributed by atoms with van der Waals surface area (Å²) in [6.07, 6.45) is 3.49. The molecule has 0 aliphatic carbocycles. The second-order valence-corrected chi connectivity index (χ2v) is 2.08. The van der Waals surface area contributed by atoms with Crippen molar-refractivity contribution in [1.29, 1.82) is 0 Å². The fourth-order valence-electron chi connectivity index (χ4n) is 0.862. The first kappa shape index (κ1) is 6.16. The summed E-state index contributed by atoms with van der Waals surface area (Å²) >= 11 is 0. The molecule has 3 radical (unpaired) electrons. The third kappa shape index (κ3) is 1.15. The van der Waals surface area contributed by atoms with Gasteiger partial charge < -0.3 is 4.98 Å². The molecule has 0 aliphatic rings. The molecule has 1 aromatic heterocycles. The van der Waals surface area contributed by atoms with Crippen LogP contribution >= 0.6 is 0 Å². The number of nitrogens with one attached hydrogen (secondary N) is 1. The Morgan fingerprint density at radius 1 is 1.45 bits per heavy atom. The van der Waals surface area contributed by atoms with Gasteiger partial charge in [0.15, 0.2) is 0 Å². The number of rotatable bonds is 1. The monoisotopic (exact) mass is 141 g/mol. The van der Waals surface area contributed by atoms with Crippen molar-refractivity contribution in [2.45, 2.75) is 0 Å². The van der Waals surface area contributed by atoms with Crippen molar-refractivity contribution in [3.63, 3.8) is 0 Å². The maximum Gasteiger partial charge on any atom is 0.137 e. The summed E-state index contributed by atoms with van der Waals surface area (Å²) in [7, 11) is 0. The fraction of sp³-hybridized carbons (Fsp3) is 0. The second kappa shape index (κ2) is 2.58. The SMILES string of the molecule is [c]1[c]ccc(-c2ncc[nH]2)[c]1. The van der Waals surface area contributed by atoms with Crippen molar-refractivity contribution in [2.75, 3.05) is 0 Å². The maximum atomic E-state index is 4.07. The highest BCUT2D eigenvalue weighted by Crippen LogP contribution is 2.10. The first-order chi connectivity index (χ1) is 5.47. The number of H-pyrrole nitrogens is 1. The third-order valence-electron chi connectivity index (χ3n) is 1.36. The van der Waals surface area contributed by atoms with E-state index in [1.807, 2.05) is 6.07 Å². The van der Waals surface area contributed by atoms with Crippen molar-refractivity contribution in [2.24, 2.45) is 0 Å². The lowest BCUT2D eigenvalue weighted by molar-refractivity contribution is 1.31. The van der Waals surface area contributed by atoms with E-state index in [1.165, 1.54) is 0 Å². The van der Waals surface area contributed by atoms with Gasteiger partial charge in [-0.2, -0.15) is 0 Å². The molecule has 0 saturated heterocycles. The van der Waals surface area contributed by atoms with E-state index in [2.05, 4.69) is 28.2 Å². The van der Waals surface area contributed by atoms with Gasteiger partial charge in [-0.05, 0) is 18.2 Å². The predicted molar refractivity (Wildman–Crippen MR) is 40.5 cm³/mol. The van der Waals surface area contributed by atoms with Gasteiger partial charge in [-0.3, -0.25) is 0 Å². The molecular formula is C9H5N2. The smallest absolute Gasteiger partial charge is 0.137 e. The van der Waals surface area contributed by atoms with E-state index >= 15 is 0 Å². The largest absolute Gasteiger partial charge is 0.345 e.